The van der Waals surface area contributed by atoms with Gasteiger partial charge in [0, 0.05) is 18.6 Å². The van der Waals surface area contributed by atoms with Crippen molar-refractivity contribution in [1.82, 2.24) is 9.38 Å². The van der Waals surface area contributed by atoms with Crippen LogP contribution in [-0.4, -0.2) is 9.38 Å². The molecule has 2 rings (SSSR count). The second-order valence-electron chi connectivity index (χ2n) is 2.52. The summed E-state index contributed by atoms with van der Waals surface area (Å²) in [7, 11) is 0. The van der Waals surface area contributed by atoms with Gasteiger partial charge in [0.2, 0.25) is 0 Å². The molecule has 0 fully saturated rings. The van der Waals surface area contributed by atoms with Crippen LogP contribution in [0.5, 0.6) is 0 Å². The topological polar surface area (TPSA) is 17.3 Å². The summed E-state index contributed by atoms with van der Waals surface area (Å²) in [6, 6.07) is 1.91. The first kappa shape index (κ1) is 6.68. The number of rotatable bonds is 0. The fraction of sp³-hybridized carbons (Fsp3) is 0.125. The van der Waals surface area contributed by atoms with Gasteiger partial charge in [-0.3, -0.25) is 0 Å². The molecule has 2 heterocycles. The Hall–Kier alpha value is -1.02. The molecule has 3 heteroatoms. The number of hydrogen-bond donors (Lipinski definition) is 0. The number of hydrogen-bond acceptors (Lipinski definition) is 1. The van der Waals surface area contributed by atoms with E-state index < -0.39 is 0 Å². The van der Waals surface area contributed by atoms with E-state index in [9.17, 15) is 0 Å². The smallest absolute Gasteiger partial charge is 0.155 e. The van der Waals surface area contributed by atoms with Crippen molar-refractivity contribution in [3.63, 3.8) is 0 Å². The molecule has 0 atom stereocenters. The Morgan fingerprint density at radius 2 is 2.36 bits per heavy atom. The lowest BCUT2D eigenvalue weighted by Gasteiger charge is -1.97. The van der Waals surface area contributed by atoms with Crippen LogP contribution in [0.15, 0.2) is 24.7 Å². The number of nitrogens with zero attached hydrogens (tertiary/aromatic N) is 2. The Kier molecular flexibility index (Phi) is 1.36. The largest absolute Gasteiger partial charge is 0.306 e. The lowest BCUT2D eigenvalue weighted by molar-refractivity contribution is 1.16. The number of halogens is 1. The third-order valence-electron chi connectivity index (χ3n) is 1.58. The van der Waals surface area contributed by atoms with Gasteiger partial charge in [0.05, 0.1) is 5.02 Å². The molecule has 0 amide bonds. The van der Waals surface area contributed by atoms with Crippen LogP contribution in [0.25, 0.3) is 5.65 Å². The van der Waals surface area contributed by atoms with Crippen molar-refractivity contribution >= 4 is 17.2 Å². The van der Waals surface area contributed by atoms with Crippen LogP contribution in [0, 0.1) is 6.92 Å². The molecule has 0 saturated carbocycles. The predicted molar refractivity (Wildman–Crippen MR) is 44.9 cm³/mol. The van der Waals surface area contributed by atoms with E-state index >= 15 is 0 Å². The molecule has 0 unspecified atom stereocenters. The zero-order valence-electron chi connectivity index (χ0n) is 6.08. The second kappa shape index (κ2) is 2.24. The van der Waals surface area contributed by atoms with Gasteiger partial charge in [0.1, 0.15) is 0 Å². The van der Waals surface area contributed by atoms with Crippen LogP contribution in [-0.2, 0) is 0 Å². The molecule has 0 aromatic carbocycles. The van der Waals surface area contributed by atoms with Gasteiger partial charge in [-0.15, -0.1) is 0 Å². The van der Waals surface area contributed by atoms with Crippen LogP contribution in [0.1, 0.15) is 5.56 Å². The second-order valence-corrected chi connectivity index (χ2v) is 2.93. The van der Waals surface area contributed by atoms with Crippen molar-refractivity contribution in [3.05, 3.63) is 35.2 Å². The summed E-state index contributed by atoms with van der Waals surface area (Å²) in [4.78, 5) is 4.09. The third kappa shape index (κ3) is 0.994. The Morgan fingerprint density at radius 1 is 1.55 bits per heavy atom. The molecular weight excluding hydrogens is 160 g/mol. The maximum Gasteiger partial charge on any atom is 0.155 e. The molecule has 0 aliphatic carbocycles. The van der Waals surface area contributed by atoms with Crippen LogP contribution in [0.4, 0.5) is 0 Å². The fourth-order valence-corrected chi connectivity index (χ4v) is 1.44. The molecule has 0 aliphatic rings. The monoisotopic (exact) mass is 166 g/mol. The van der Waals surface area contributed by atoms with E-state index in [-0.39, 0.29) is 0 Å². The molecule has 11 heavy (non-hydrogen) atoms. The minimum absolute atomic E-state index is 0.704. The lowest BCUT2D eigenvalue weighted by atomic mass is 10.3. The predicted octanol–water partition coefficient (Wildman–Crippen LogP) is 2.30. The molecule has 2 aromatic heterocycles. The summed E-state index contributed by atoms with van der Waals surface area (Å²) in [6.07, 6.45) is 5.61. The molecule has 56 valence electrons. The van der Waals surface area contributed by atoms with Gasteiger partial charge in [-0.05, 0) is 18.6 Å². The molecule has 2 aromatic rings. The SMILES string of the molecule is Cc1cc(Cl)c2nccn2c1. The van der Waals surface area contributed by atoms with Crippen LogP contribution in [0.3, 0.4) is 0 Å². The number of fused-ring (bicyclic) bond motifs is 1. The highest BCUT2D eigenvalue weighted by Gasteiger charge is 1.99. The lowest BCUT2D eigenvalue weighted by Crippen LogP contribution is -1.85. The quantitative estimate of drug-likeness (QED) is 0.587. The van der Waals surface area contributed by atoms with E-state index in [1.165, 1.54) is 0 Å². The zero-order chi connectivity index (χ0) is 7.84. The molecule has 0 bridgehead atoms. The Bertz CT molecular complexity index is 392. The third-order valence-corrected chi connectivity index (χ3v) is 1.86. The van der Waals surface area contributed by atoms with Crippen LogP contribution < -0.4 is 0 Å². The van der Waals surface area contributed by atoms with Gasteiger partial charge in [0.15, 0.2) is 5.65 Å². The maximum atomic E-state index is 5.92. The highest BCUT2D eigenvalue weighted by molar-refractivity contribution is 6.33. The Balaban J connectivity index is 2.91. The van der Waals surface area contributed by atoms with Gasteiger partial charge < -0.3 is 4.40 Å². The van der Waals surface area contributed by atoms with Crippen LogP contribution in [0.2, 0.25) is 5.02 Å². The number of aryl methyl sites for hydroxylation is 1. The van der Waals surface area contributed by atoms with Gasteiger partial charge in [0.25, 0.3) is 0 Å². The highest BCUT2D eigenvalue weighted by atomic mass is 35.5. The summed E-state index contributed by atoms with van der Waals surface area (Å²) in [5, 5.41) is 0.704. The van der Waals surface area contributed by atoms with Crippen molar-refractivity contribution in [2.75, 3.05) is 0 Å². The van der Waals surface area contributed by atoms with E-state index in [0.29, 0.717) is 5.02 Å². The van der Waals surface area contributed by atoms with Gasteiger partial charge in [-0.1, -0.05) is 11.6 Å². The molecule has 0 spiro atoms. The Morgan fingerprint density at radius 3 is 3.18 bits per heavy atom. The number of aromatic nitrogens is 2. The molecule has 0 N–H and O–H groups in total. The zero-order valence-corrected chi connectivity index (χ0v) is 6.84. The number of imidazole rings is 1. The summed E-state index contributed by atoms with van der Waals surface area (Å²) in [5.74, 6) is 0. The van der Waals surface area contributed by atoms with E-state index in [2.05, 4.69) is 4.98 Å². The Labute approximate surface area is 69.4 Å². The van der Waals surface area contributed by atoms with Crippen molar-refractivity contribution in [2.45, 2.75) is 6.92 Å². The average Bonchev–Trinajstić information content (AvgIpc) is 2.34. The van der Waals surface area contributed by atoms with E-state index in [0.717, 1.165) is 11.2 Å². The van der Waals surface area contributed by atoms with Crippen molar-refractivity contribution < 1.29 is 0 Å². The first-order valence-electron chi connectivity index (χ1n) is 3.36. The summed E-state index contributed by atoms with van der Waals surface area (Å²) in [5.41, 5.74) is 1.96. The molecule has 2 nitrogen and oxygen atoms in total. The molecule has 0 radical (unpaired) electrons. The van der Waals surface area contributed by atoms with Crippen molar-refractivity contribution in [3.8, 4) is 0 Å². The number of pyridine rings is 1. The van der Waals surface area contributed by atoms with Gasteiger partial charge in [-0.2, -0.15) is 0 Å². The van der Waals surface area contributed by atoms with Crippen molar-refractivity contribution in [1.29, 1.82) is 0 Å². The first-order valence-corrected chi connectivity index (χ1v) is 3.74. The standard InChI is InChI=1S/C8H7ClN2/c1-6-4-7(9)8-10-2-3-11(8)5-6/h2-5H,1H3. The normalized spacial score (nSPS) is 10.7. The summed E-state index contributed by atoms with van der Waals surface area (Å²) < 4.78 is 1.91. The maximum absolute atomic E-state index is 5.92. The minimum atomic E-state index is 0.704. The average molecular weight is 167 g/mol. The first-order chi connectivity index (χ1) is 5.27. The minimum Gasteiger partial charge on any atom is -0.306 e. The molecular formula is C8H7ClN2. The van der Waals surface area contributed by atoms with Gasteiger partial charge in [-0.25, -0.2) is 4.98 Å². The summed E-state index contributed by atoms with van der Waals surface area (Å²) >= 11 is 5.92. The van der Waals surface area contributed by atoms with E-state index in [1.54, 1.807) is 6.20 Å². The van der Waals surface area contributed by atoms with Gasteiger partial charge >= 0.3 is 0 Å². The van der Waals surface area contributed by atoms with E-state index in [4.69, 9.17) is 11.6 Å². The summed E-state index contributed by atoms with van der Waals surface area (Å²) in [6.45, 7) is 2.01. The molecule has 0 aliphatic heterocycles. The fourth-order valence-electron chi connectivity index (χ4n) is 1.12. The van der Waals surface area contributed by atoms with E-state index in [1.807, 2.05) is 29.8 Å². The molecule has 0 saturated heterocycles. The highest BCUT2D eigenvalue weighted by Crippen LogP contribution is 2.16. The van der Waals surface area contributed by atoms with Crippen LogP contribution >= 0.6 is 11.6 Å². The van der Waals surface area contributed by atoms with Crippen molar-refractivity contribution in [2.24, 2.45) is 0 Å².